The summed E-state index contributed by atoms with van der Waals surface area (Å²) in [4.78, 5) is 17.7. The van der Waals surface area contributed by atoms with Crippen molar-refractivity contribution in [3.05, 3.63) is 64.0 Å². The van der Waals surface area contributed by atoms with E-state index in [1.165, 1.54) is 17.4 Å². The van der Waals surface area contributed by atoms with E-state index in [1.807, 2.05) is 19.1 Å². The lowest BCUT2D eigenvalue weighted by molar-refractivity contribution is 0.102. The lowest BCUT2D eigenvalue weighted by Gasteiger charge is -2.03. The Hall–Kier alpha value is -2.37. The molecule has 3 rings (SSSR count). The smallest absolute Gasteiger partial charge is 0.261 e. The summed E-state index contributed by atoms with van der Waals surface area (Å²) in [5, 5.41) is 13.6. The van der Waals surface area contributed by atoms with E-state index in [9.17, 15) is 9.90 Å². The molecule has 116 valence electrons. The summed E-state index contributed by atoms with van der Waals surface area (Å²) in [6.07, 6.45) is 0. The molecule has 2 N–H and O–H groups in total. The predicted octanol–water partition coefficient (Wildman–Crippen LogP) is 4.73. The second-order valence-corrected chi connectivity index (χ2v) is 6.54. The predicted molar refractivity (Wildman–Crippen MR) is 93.4 cm³/mol. The molecular formula is C17H13ClN2O2S. The second kappa shape index (κ2) is 6.40. The Bertz CT molecular complexity index is 859. The van der Waals surface area contributed by atoms with Crippen molar-refractivity contribution in [2.75, 3.05) is 5.32 Å². The van der Waals surface area contributed by atoms with Crippen molar-refractivity contribution in [1.82, 2.24) is 4.98 Å². The van der Waals surface area contributed by atoms with Crippen molar-refractivity contribution in [1.29, 1.82) is 0 Å². The monoisotopic (exact) mass is 344 g/mol. The van der Waals surface area contributed by atoms with Gasteiger partial charge in [0.15, 0.2) is 5.13 Å². The third-order valence-corrected chi connectivity index (χ3v) is 4.42. The highest BCUT2D eigenvalue weighted by molar-refractivity contribution is 7.16. The molecule has 2 aromatic carbocycles. The highest BCUT2D eigenvalue weighted by Crippen LogP contribution is 2.31. The van der Waals surface area contributed by atoms with Gasteiger partial charge in [-0.25, -0.2) is 4.98 Å². The maximum absolute atomic E-state index is 12.2. The number of carbonyl (C=O) groups is 1. The number of thiazole rings is 1. The number of benzene rings is 2. The Labute approximate surface area is 142 Å². The number of nitrogens with zero attached hydrogens (tertiary/aromatic N) is 1. The van der Waals surface area contributed by atoms with E-state index < -0.39 is 0 Å². The Morgan fingerprint density at radius 3 is 2.57 bits per heavy atom. The van der Waals surface area contributed by atoms with Gasteiger partial charge in [-0.15, -0.1) is 11.3 Å². The molecule has 3 aromatic rings. The van der Waals surface area contributed by atoms with E-state index in [0.29, 0.717) is 10.2 Å². The largest absolute Gasteiger partial charge is 0.507 e. The van der Waals surface area contributed by atoms with Gasteiger partial charge in [-0.3, -0.25) is 10.1 Å². The van der Waals surface area contributed by atoms with Gasteiger partial charge < -0.3 is 5.11 Å². The summed E-state index contributed by atoms with van der Waals surface area (Å²) in [7, 11) is 0. The molecular weight excluding hydrogens is 332 g/mol. The summed E-state index contributed by atoms with van der Waals surface area (Å²) in [6, 6.07) is 13.8. The zero-order valence-electron chi connectivity index (χ0n) is 12.2. The molecule has 23 heavy (non-hydrogen) atoms. The maximum Gasteiger partial charge on any atom is 0.261 e. The average molecular weight is 345 g/mol. The van der Waals surface area contributed by atoms with Crippen molar-refractivity contribution in [3.8, 4) is 17.0 Å². The molecule has 0 unspecified atom stereocenters. The lowest BCUT2D eigenvalue weighted by atomic mass is 10.1. The highest BCUT2D eigenvalue weighted by Gasteiger charge is 2.15. The lowest BCUT2D eigenvalue weighted by Crippen LogP contribution is -2.11. The molecule has 0 radical (unpaired) electrons. The molecule has 1 aromatic heterocycles. The number of nitrogens with one attached hydrogen (secondary N) is 1. The number of rotatable bonds is 3. The van der Waals surface area contributed by atoms with Crippen molar-refractivity contribution < 1.29 is 9.90 Å². The van der Waals surface area contributed by atoms with Gasteiger partial charge in [0, 0.05) is 15.5 Å². The minimum absolute atomic E-state index is 0.0591. The topological polar surface area (TPSA) is 62.2 Å². The molecule has 4 nitrogen and oxygen atoms in total. The van der Waals surface area contributed by atoms with Gasteiger partial charge in [-0.2, -0.15) is 0 Å². The van der Waals surface area contributed by atoms with Crippen LogP contribution in [0.25, 0.3) is 11.3 Å². The molecule has 0 aliphatic heterocycles. The van der Waals surface area contributed by atoms with Crippen molar-refractivity contribution in [2.45, 2.75) is 6.92 Å². The fourth-order valence-corrected chi connectivity index (χ4v) is 3.11. The minimum atomic E-state index is -0.389. The average Bonchev–Trinajstić information content (AvgIpc) is 2.89. The normalized spacial score (nSPS) is 10.5. The van der Waals surface area contributed by atoms with Gasteiger partial charge >= 0.3 is 0 Å². The number of aromatic nitrogens is 1. The molecule has 1 amide bonds. The first-order chi connectivity index (χ1) is 11.0. The van der Waals surface area contributed by atoms with Gasteiger partial charge in [0.05, 0.1) is 11.3 Å². The van der Waals surface area contributed by atoms with E-state index in [0.717, 1.165) is 16.1 Å². The third kappa shape index (κ3) is 3.36. The molecule has 0 aliphatic carbocycles. The number of amides is 1. The van der Waals surface area contributed by atoms with Crippen LogP contribution in [-0.2, 0) is 0 Å². The number of hydrogen-bond acceptors (Lipinski definition) is 4. The van der Waals surface area contributed by atoms with Crippen LogP contribution >= 0.6 is 22.9 Å². The zero-order chi connectivity index (χ0) is 16.4. The number of aryl methyl sites for hydroxylation is 1. The summed E-state index contributed by atoms with van der Waals surface area (Å²) < 4.78 is 0. The van der Waals surface area contributed by atoms with E-state index >= 15 is 0 Å². The first-order valence-corrected chi connectivity index (χ1v) is 8.07. The SMILES string of the molecule is Cc1sc(NC(=O)c2ccccc2O)nc1-c1ccc(Cl)cc1. The van der Waals surface area contributed by atoms with E-state index in [4.69, 9.17) is 11.6 Å². The Morgan fingerprint density at radius 2 is 1.87 bits per heavy atom. The molecule has 0 aliphatic rings. The first-order valence-electron chi connectivity index (χ1n) is 6.87. The molecule has 0 saturated heterocycles. The summed E-state index contributed by atoms with van der Waals surface area (Å²) >= 11 is 7.28. The number of anilines is 1. The van der Waals surface area contributed by atoms with Crippen molar-refractivity contribution >= 4 is 34.0 Å². The van der Waals surface area contributed by atoms with Crippen LogP contribution in [0.15, 0.2) is 48.5 Å². The number of carbonyl (C=O) groups excluding carboxylic acids is 1. The van der Waals surface area contributed by atoms with E-state index in [2.05, 4.69) is 10.3 Å². The van der Waals surface area contributed by atoms with Crippen LogP contribution in [-0.4, -0.2) is 16.0 Å². The van der Waals surface area contributed by atoms with Crippen LogP contribution in [0.4, 0.5) is 5.13 Å². The first kappa shape index (κ1) is 15.5. The quantitative estimate of drug-likeness (QED) is 0.722. The maximum atomic E-state index is 12.2. The van der Waals surface area contributed by atoms with E-state index in [-0.39, 0.29) is 17.2 Å². The van der Waals surface area contributed by atoms with Gasteiger partial charge in [0.2, 0.25) is 0 Å². The fourth-order valence-electron chi connectivity index (χ4n) is 2.16. The summed E-state index contributed by atoms with van der Waals surface area (Å²) in [6.45, 7) is 1.94. The van der Waals surface area contributed by atoms with Crippen LogP contribution < -0.4 is 5.32 Å². The van der Waals surface area contributed by atoms with Gasteiger partial charge in [-0.1, -0.05) is 35.9 Å². The van der Waals surface area contributed by atoms with Crippen LogP contribution in [0.2, 0.25) is 5.02 Å². The molecule has 1 heterocycles. The molecule has 0 spiro atoms. The number of para-hydroxylation sites is 1. The van der Waals surface area contributed by atoms with Gasteiger partial charge in [-0.05, 0) is 31.2 Å². The number of halogens is 1. The number of hydrogen-bond donors (Lipinski definition) is 2. The number of phenols is 1. The van der Waals surface area contributed by atoms with Crippen LogP contribution in [0.5, 0.6) is 5.75 Å². The van der Waals surface area contributed by atoms with Gasteiger partial charge in [0.1, 0.15) is 5.75 Å². The Morgan fingerprint density at radius 1 is 1.17 bits per heavy atom. The van der Waals surface area contributed by atoms with E-state index in [1.54, 1.807) is 30.3 Å². The molecule has 0 bridgehead atoms. The van der Waals surface area contributed by atoms with Crippen LogP contribution in [0, 0.1) is 6.92 Å². The standard InChI is InChI=1S/C17H13ClN2O2S/c1-10-15(11-6-8-12(18)9-7-11)19-17(23-10)20-16(22)13-4-2-3-5-14(13)21/h2-9,21H,1H3,(H,19,20,22). The minimum Gasteiger partial charge on any atom is -0.507 e. The zero-order valence-corrected chi connectivity index (χ0v) is 13.8. The molecule has 6 heteroatoms. The second-order valence-electron chi connectivity index (χ2n) is 4.90. The summed E-state index contributed by atoms with van der Waals surface area (Å²) in [5.74, 6) is -0.448. The van der Waals surface area contributed by atoms with Gasteiger partial charge in [0.25, 0.3) is 5.91 Å². The number of phenolic OH excluding ortho intramolecular Hbond substituents is 1. The number of aromatic hydroxyl groups is 1. The molecule has 0 atom stereocenters. The molecule has 0 saturated carbocycles. The van der Waals surface area contributed by atoms with Crippen LogP contribution in [0.1, 0.15) is 15.2 Å². The van der Waals surface area contributed by atoms with Crippen LogP contribution in [0.3, 0.4) is 0 Å². The third-order valence-electron chi connectivity index (χ3n) is 3.28. The Kier molecular flexibility index (Phi) is 4.32. The van der Waals surface area contributed by atoms with Crippen molar-refractivity contribution in [3.63, 3.8) is 0 Å². The summed E-state index contributed by atoms with van der Waals surface area (Å²) in [5.41, 5.74) is 1.96. The highest BCUT2D eigenvalue weighted by atomic mass is 35.5. The fraction of sp³-hybridized carbons (Fsp3) is 0.0588. The Balaban J connectivity index is 1.85. The molecule has 0 fully saturated rings. The van der Waals surface area contributed by atoms with Crippen molar-refractivity contribution in [2.24, 2.45) is 0 Å².